The van der Waals surface area contributed by atoms with Crippen LogP contribution >= 0.6 is 11.6 Å². The van der Waals surface area contributed by atoms with Gasteiger partial charge in [0.1, 0.15) is 0 Å². The standard InChI is InChI=1S/C6H12ClSi.3C4H9.Sn/c1-8(2,3)6-4-5-7;3*1-3-4-2;/h4H,5H2,1-3H3;3*1,3-4H2,2H3;. The van der Waals surface area contributed by atoms with Gasteiger partial charge in [0.15, 0.2) is 0 Å². The summed E-state index contributed by atoms with van der Waals surface area (Å²) in [5.74, 6) is 0.739. The molecule has 0 nitrogen and oxygen atoms in total. The first-order valence-electron chi connectivity index (χ1n) is 9.15. The molecule has 0 saturated heterocycles. The topological polar surface area (TPSA) is 0 Å². The van der Waals surface area contributed by atoms with Crippen LogP contribution in [0.2, 0.25) is 33.0 Å². The average Bonchev–Trinajstić information content (AvgIpc) is 2.44. The first kappa shape index (κ1) is 22.0. The Bertz CT molecular complexity index is 272. The van der Waals surface area contributed by atoms with Crippen LogP contribution in [-0.2, 0) is 0 Å². The Hall–Kier alpha value is 1.05. The van der Waals surface area contributed by atoms with Crippen LogP contribution in [0.25, 0.3) is 0 Å². The molecule has 0 aromatic rings. The fraction of sp³-hybridized carbons (Fsp3) is 0.889. The van der Waals surface area contributed by atoms with Gasteiger partial charge in [-0.25, -0.2) is 0 Å². The zero-order valence-electron chi connectivity index (χ0n) is 15.5. The van der Waals surface area contributed by atoms with E-state index in [-0.39, 0.29) is 0 Å². The summed E-state index contributed by atoms with van der Waals surface area (Å²) < 4.78 is 6.72. The summed E-state index contributed by atoms with van der Waals surface area (Å²) in [5, 5.41) is 0. The molecule has 0 atom stereocenters. The zero-order valence-corrected chi connectivity index (χ0v) is 20.1. The van der Waals surface area contributed by atoms with Crippen molar-refractivity contribution in [2.45, 2.75) is 92.2 Å². The van der Waals surface area contributed by atoms with Crippen molar-refractivity contribution in [1.82, 2.24) is 0 Å². The van der Waals surface area contributed by atoms with E-state index >= 15 is 0 Å². The maximum atomic E-state index is 6.19. The molecule has 0 heterocycles. The van der Waals surface area contributed by atoms with E-state index in [1.54, 1.807) is 13.3 Å². The van der Waals surface area contributed by atoms with Gasteiger partial charge in [-0.15, -0.1) is 0 Å². The summed E-state index contributed by atoms with van der Waals surface area (Å²) in [5.41, 5.74) is 0. The van der Waals surface area contributed by atoms with Gasteiger partial charge in [-0.1, -0.05) is 0 Å². The van der Waals surface area contributed by atoms with Gasteiger partial charge >= 0.3 is 145 Å². The monoisotopic (exact) mass is 438 g/mol. The molecule has 21 heavy (non-hydrogen) atoms. The van der Waals surface area contributed by atoms with Gasteiger partial charge in [-0.3, -0.25) is 0 Å². The normalized spacial score (nSPS) is 13.8. The molecule has 0 rings (SSSR count). The molecule has 0 spiro atoms. The SMILES string of the molecule is CCC[CH2][Sn]([CH2]CCC)([CH2]CCC)/[C](=C\CCl)[Si](C)(C)C. The number of unbranched alkanes of at least 4 members (excludes halogenated alkanes) is 3. The van der Waals surface area contributed by atoms with Crippen LogP contribution in [0, 0.1) is 0 Å². The van der Waals surface area contributed by atoms with Crippen molar-refractivity contribution in [2.24, 2.45) is 0 Å². The van der Waals surface area contributed by atoms with Crippen molar-refractivity contribution in [3.8, 4) is 0 Å². The van der Waals surface area contributed by atoms with Crippen LogP contribution in [0.1, 0.15) is 59.3 Å². The van der Waals surface area contributed by atoms with E-state index in [4.69, 9.17) is 11.6 Å². The van der Waals surface area contributed by atoms with Crippen molar-refractivity contribution in [1.29, 1.82) is 0 Å². The van der Waals surface area contributed by atoms with Crippen LogP contribution in [0.4, 0.5) is 0 Å². The molecule has 0 bridgehead atoms. The third-order valence-electron chi connectivity index (χ3n) is 4.69. The number of rotatable bonds is 12. The van der Waals surface area contributed by atoms with Crippen molar-refractivity contribution in [3.63, 3.8) is 0 Å². The molecule has 0 unspecified atom stereocenters. The molecule has 0 aromatic carbocycles. The van der Waals surface area contributed by atoms with Crippen molar-refractivity contribution < 1.29 is 0 Å². The Morgan fingerprint density at radius 2 is 1.24 bits per heavy atom. The first-order chi connectivity index (χ1) is 9.87. The van der Waals surface area contributed by atoms with Crippen LogP contribution < -0.4 is 0 Å². The first-order valence-corrected chi connectivity index (χ1v) is 20.7. The number of hydrogen-bond acceptors (Lipinski definition) is 0. The molecule has 0 radical (unpaired) electrons. The molecule has 3 heteroatoms. The fourth-order valence-corrected chi connectivity index (χ4v) is 37.6. The second kappa shape index (κ2) is 11.6. The van der Waals surface area contributed by atoms with E-state index in [2.05, 4.69) is 46.5 Å². The Morgan fingerprint density at radius 1 is 0.857 bits per heavy atom. The van der Waals surface area contributed by atoms with E-state index in [1.807, 2.05) is 3.21 Å². The minimum atomic E-state index is -2.20. The quantitative estimate of drug-likeness (QED) is 0.220. The molecule has 0 aliphatic rings. The molecule has 0 fully saturated rings. The summed E-state index contributed by atoms with van der Waals surface area (Å²) >= 11 is 3.99. The minimum absolute atomic E-state index is 0.739. The zero-order chi connectivity index (χ0) is 16.4. The van der Waals surface area contributed by atoms with Gasteiger partial charge < -0.3 is 0 Å². The van der Waals surface area contributed by atoms with Gasteiger partial charge in [-0.2, -0.15) is 0 Å². The Balaban J connectivity index is 5.58. The molecular weight excluding hydrogens is 398 g/mol. The van der Waals surface area contributed by atoms with Crippen LogP contribution in [-0.4, -0.2) is 32.3 Å². The Morgan fingerprint density at radius 3 is 1.48 bits per heavy atom. The molecule has 0 saturated carbocycles. The summed E-state index contributed by atoms with van der Waals surface area (Å²) in [4.78, 5) is 0. The van der Waals surface area contributed by atoms with E-state index < -0.39 is 26.5 Å². The van der Waals surface area contributed by atoms with E-state index in [9.17, 15) is 0 Å². The number of alkyl halides is 1. The predicted octanol–water partition coefficient (Wildman–Crippen LogP) is 7.42. The van der Waals surface area contributed by atoms with E-state index in [0.717, 1.165) is 5.88 Å². The van der Waals surface area contributed by atoms with Gasteiger partial charge in [-0.05, 0) is 0 Å². The van der Waals surface area contributed by atoms with Crippen LogP contribution in [0.5, 0.6) is 0 Å². The van der Waals surface area contributed by atoms with Gasteiger partial charge in [0, 0.05) is 0 Å². The predicted molar refractivity (Wildman–Crippen MR) is 107 cm³/mol. The average molecular weight is 438 g/mol. The van der Waals surface area contributed by atoms with Crippen molar-refractivity contribution in [2.75, 3.05) is 5.88 Å². The van der Waals surface area contributed by atoms with Crippen molar-refractivity contribution >= 4 is 38.1 Å². The summed E-state index contributed by atoms with van der Waals surface area (Å²) in [6.07, 6.45) is 10.9. The van der Waals surface area contributed by atoms with Crippen LogP contribution in [0.3, 0.4) is 0 Å². The second-order valence-electron chi connectivity index (χ2n) is 7.61. The molecular formula is C18H39ClSiSn. The Kier molecular flexibility index (Phi) is 12.1. The maximum absolute atomic E-state index is 6.19. The molecule has 0 aromatic heterocycles. The number of allylic oxidation sites excluding steroid dienone is 1. The molecule has 0 aliphatic carbocycles. The van der Waals surface area contributed by atoms with E-state index in [0.29, 0.717) is 0 Å². The third kappa shape index (κ3) is 7.92. The number of halogens is 1. The molecule has 0 N–H and O–H groups in total. The van der Waals surface area contributed by atoms with E-state index in [1.165, 1.54) is 38.5 Å². The van der Waals surface area contributed by atoms with Gasteiger partial charge in [0.25, 0.3) is 0 Å². The fourth-order valence-electron chi connectivity index (χ4n) is 3.72. The molecule has 126 valence electrons. The third-order valence-corrected chi connectivity index (χ3v) is 31.7. The van der Waals surface area contributed by atoms with Gasteiger partial charge in [0.05, 0.1) is 0 Å². The second-order valence-corrected chi connectivity index (χ2v) is 27.5. The molecule has 0 amide bonds. The van der Waals surface area contributed by atoms with Crippen LogP contribution in [0.15, 0.2) is 9.29 Å². The molecule has 0 aliphatic heterocycles. The number of hydrogen-bond donors (Lipinski definition) is 0. The van der Waals surface area contributed by atoms with Gasteiger partial charge in [0.2, 0.25) is 0 Å². The summed E-state index contributed by atoms with van der Waals surface area (Å²) in [6.45, 7) is 14.7. The Labute approximate surface area is 145 Å². The summed E-state index contributed by atoms with van der Waals surface area (Å²) in [6, 6.07) is 0. The van der Waals surface area contributed by atoms with Crippen molar-refractivity contribution in [3.05, 3.63) is 9.29 Å². The summed E-state index contributed by atoms with van der Waals surface area (Å²) in [7, 11) is -1.22.